The van der Waals surface area contributed by atoms with Gasteiger partial charge in [-0.1, -0.05) is 23.7 Å². The van der Waals surface area contributed by atoms with Crippen molar-refractivity contribution in [1.29, 1.82) is 0 Å². The summed E-state index contributed by atoms with van der Waals surface area (Å²) in [4.78, 5) is 38.9. The number of carbonyl (C=O) groups is 3. The standard InChI is InChI=1S/C46H58N2O15/c1-52-8-11-55-14-17-58-20-23-61-44(49)39-27-35(4-6-37-29-40(33-42(47)31-37)45(50)62-24-21-59-18-15-56-12-9-53-2)26-36(28-39)5-7-38-30-41(34-43(48)32-38)46(51)63-25-22-60-19-16-57-13-10-54-3/h26-34H,8-25,47-48H2,1-3H3. The summed E-state index contributed by atoms with van der Waals surface area (Å²) >= 11 is 0. The number of rotatable bonds is 30. The summed E-state index contributed by atoms with van der Waals surface area (Å²) in [6.07, 6.45) is 0. The summed E-state index contributed by atoms with van der Waals surface area (Å²) in [6, 6.07) is 14.1. The molecule has 342 valence electrons. The zero-order valence-electron chi connectivity index (χ0n) is 36.2. The molecule has 0 saturated heterocycles. The molecule has 0 heterocycles. The van der Waals surface area contributed by atoms with E-state index in [4.69, 9.17) is 68.3 Å². The Labute approximate surface area is 368 Å². The number of hydrogen-bond donors (Lipinski definition) is 2. The average Bonchev–Trinajstić information content (AvgIpc) is 3.28. The van der Waals surface area contributed by atoms with Crippen LogP contribution in [0.5, 0.6) is 0 Å². The monoisotopic (exact) mass is 878 g/mol. The molecule has 3 aromatic rings. The van der Waals surface area contributed by atoms with Crippen LogP contribution in [0.4, 0.5) is 11.4 Å². The van der Waals surface area contributed by atoms with Crippen LogP contribution in [0.15, 0.2) is 54.6 Å². The molecular formula is C46H58N2O15. The van der Waals surface area contributed by atoms with Crippen molar-refractivity contribution in [2.24, 2.45) is 0 Å². The first-order valence-corrected chi connectivity index (χ1v) is 20.2. The minimum Gasteiger partial charge on any atom is -0.460 e. The molecule has 3 aromatic carbocycles. The molecule has 3 rings (SSSR count). The number of nitrogens with two attached hydrogens (primary N) is 2. The van der Waals surface area contributed by atoms with Crippen molar-refractivity contribution >= 4 is 29.3 Å². The van der Waals surface area contributed by atoms with Crippen LogP contribution in [0.2, 0.25) is 0 Å². The van der Waals surface area contributed by atoms with Gasteiger partial charge >= 0.3 is 17.9 Å². The third-order valence-electron chi connectivity index (χ3n) is 8.05. The van der Waals surface area contributed by atoms with Crippen LogP contribution in [-0.4, -0.2) is 158 Å². The van der Waals surface area contributed by atoms with Crippen molar-refractivity contribution < 1.29 is 71.2 Å². The number of benzene rings is 3. The lowest BCUT2D eigenvalue weighted by molar-refractivity contribution is 0.00552. The van der Waals surface area contributed by atoms with Gasteiger partial charge in [0.05, 0.1) is 116 Å². The minimum atomic E-state index is -0.630. The molecule has 0 spiro atoms. The molecule has 0 aliphatic heterocycles. The van der Waals surface area contributed by atoms with Gasteiger partial charge in [-0.15, -0.1) is 0 Å². The molecule has 0 bridgehead atoms. The van der Waals surface area contributed by atoms with Crippen LogP contribution in [0.25, 0.3) is 0 Å². The Morgan fingerprint density at radius 1 is 0.349 bits per heavy atom. The summed E-state index contributed by atoms with van der Waals surface area (Å²) in [7, 11) is 4.78. The fourth-order valence-corrected chi connectivity index (χ4v) is 5.08. The van der Waals surface area contributed by atoms with E-state index in [0.29, 0.717) is 113 Å². The second kappa shape index (κ2) is 32.2. The maximum Gasteiger partial charge on any atom is 0.338 e. The summed E-state index contributed by atoms with van der Waals surface area (Å²) in [5, 5.41) is 0. The fourth-order valence-electron chi connectivity index (χ4n) is 5.08. The normalized spacial score (nSPS) is 10.7. The summed E-state index contributed by atoms with van der Waals surface area (Å²) in [6.45, 7) is 5.55. The SMILES string of the molecule is COCCOCCOCCOC(=O)c1cc(N)cc(C#Cc2cc(C#Cc3cc(N)cc(C(=O)OCCOCCOCCOC)c3)cc(C(=O)OCCOCCOCCOC)c2)c1. The van der Waals surface area contributed by atoms with E-state index in [1.807, 2.05) is 0 Å². The smallest absolute Gasteiger partial charge is 0.338 e. The number of hydrogen-bond acceptors (Lipinski definition) is 17. The number of nitrogen functional groups attached to an aromatic ring is 2. The van der Waals surface area contributed by atoms with E-state index in [1.54, 1.807) is 63.8 Å². The molecule has 0 fully saturated rings. The van der Waals surface area contributed by atoms with E-state index in [-0.39, 0.29) is 56.3 Å². The molecule has 0 aliphatic rings. The van der Waals surface area contributed by atoms with E-state index < -0.39 is 17.9 Å². The quantitative estimate of drug-likeness (QED) is 0.0324. The summed E-state index contributed by atoms with van der Waals surface area (Å²) < 4.78 is 63.4. The molecule has 0 aliphatic carbocycles. The zero-order chi connectivity index (χ0) is 45.3. The Bertz CT molecular complexity index is 1850. The number of carbonyl (C=O) groups excluding carboxylic acids is 3. The molecule has 17 heteroatoms. The Morgan fingerprint density at radius 2 is 0.587 bits per heavy atom. The molecular weight excluding hydrogens is 821 g/mol. The molecule has 0 aromatic heterocycles. The lowest BCUT2D eigenvalue weighted by Gasteiger charge is -2.08. The van der Waals surface area contributed by atoms with Crippen molar-refractivity contribution in [2.45, 2.75) is 0 Å². The topological polar surface area (TPSA) is 214 Å². The molecule has 0 atom stereocenters. The van der Waals surface area contributed by atoms with Crippen LogP contribution < -0.4 is 11.5 Å². The highest BCUT2D eigenvalue weighted by Crippen LogP contribution is 2.16. The number of esters is 3. The van der Waals surface area contributed by atoms with Gasteiger partial charge < -0.3 is 68.3 Å². The molecule has 63 heavy (non-hydrogen) atoms. The highest BCUT2D eigenvalue weighted by Gasteiger charge is 2.13. The minimum absolute atomic E-state index is 0.0109. The van der Waals surface area contributed by atoms with Crippen molar-refractivity contribution in [3.63, 3.8) is 0 Å². The molecule has 0 radical (unpaired) electrons. The lowest BCUT2D eigenvalue weighted by atomic mass is 10.0. The molecule has 4 N–H and O–H groups in total. The van der Waals surface area contributed by atoms with E-state index in [2.05, 4.69) is 23.7 Å². The fraction of sp³-hybridized carbons (Fsp3) is 0.457. The highest BCUT2D eigenvalue weighted by molar-refractivity contribution is 5.92. The van der Waals surface area contributed by atoms with Gasteiger partial charge in [0.15, 0.2) is 0 Å². The lowest BCUT2D eigenvalue weighted by Crippen LogP contribution is -2.14. The number of methoxy groups -OCH3 is 3. The molecule has 0 unspecified atom stereocenters. The molecule has 17 nitrogen and oxygen atoms in total. The Kier molecular flexibility index (Phi) is 26.4. The van der Waals surface area contributed by atoms with Gasteiger partial charge in [0.25, 0.3) is 0 Å². The first-order valence-electron chi connectivity index (χ1n) is 20.2. The first-order chi connectivity index (χ1) is 30.7. The second-order valence-corrected chi connectivity index (χ2v) is 13.0. The second-order valence-electron chi connectivity index (χ2n) is 13.0. The van der Waals surface area contributed by atoms with Gasteiger partial charge in [-0.3, -0.25) is 0 Å². The van der Waals surface area contributed by atoms with Gasteiger partial charge in [-0.2, -0.15) is 0 Å². The van der Waals surface area contributed by atoms with Crippen LogP contribution in [0.1, 0.15) is 53.3 Å². The van der Waals surface area contributed by atoms with E-state index >= 15 is 0 Å². The summed E-state index contributed by atoms with van der Waals surface area (Å²) in [5.74, 6) is 10.2. The number of ether oxygens (including phenoxy) is 12. The van der Waals surface area contributed by atoms with Crippen molar-refractivity contribution in [1.82, 2.24) is 0 Å². The van der Waals surface area contributed by atoms with Crippen LogP contribution in [-0.2, 0) is 56.8 Å². The number of anilines is 2. The third-order valence-corrected chi connectivity index (χ3v) is 8.05. The Morgan fingerprint density at radius 3 is 0.873 bits per heavy atom. The van der Waals surface area contributed by atoms with Gasteiger partial charge in [0.2, 0.25) is 0 Å². The van der Waals surface area contributed by atoms with Crippen LogP contribution in [0, 0.1) is 23.7 Å². The van der Waals surface area contributed by atoms with E-state index in [0.717, 1.165) is 0 Å². The maximum atomic E-state index is 13.2. The summed E-state index contributed by atoms with van der Waals surface area (Å²) in [5.41, 5.74) is 15.1. The zero-order valence-corrected chi connectivity index (χ0v) is 36.2. The molecule has 0 saturated carbocycles. The molecule has 0 amide bonds. The van der Waals surface area contributed by atoms with Crippen molar-refractivity contribution in [3.05, 3.63) is 93.5 Å². The van der Waals surface area contributed by atoms with Gasteiger partial charge in [-0.25, -0.2) is 14.4 Å². The third kappa shape index (κ3) is 22.9. The van der Waals surface area contributed by atoms with Crippen molar-refractivity contribution in [3.8, 4) is 23.7 Å². The van der Waals surface area contributed by atoms with Gasteiger partial charge in [-0.05, 0) is 54.6 Å². The predicted octanol–water partition coefficient (Wildman–Crippen LogP) is 3.16. The highest BCUT2D eigenvalue weighted by atomic mass is 16.6. The van der Waals surface area contributed by atoms with Crippen LogP contribution >= 0.6 is 0 Å². The Hall–Kier alpha value is -5.57. The Balaban J connectivity index is 1.74. The largest absolute Gasteiger partial charge is 0.460 e. The average molecular weight is 879 g/mol. The first kappa shape index (κ1) is 51.8. The maximum absolute atomic E-state index is 13.2. The van der Waals surface area contributed by atoms with E-state index in [9.17, 15) is 14.4 Å². The van der Waals surface area contributed by atoms with Crippen LogP contribution in [0.3, 0.4) is 0 Å². The van der Waals surface area contributed by atoms with Gasteiger partial charge in [0, 0.05) is 55.0 Å². The predicted molar refractivity (Wildman–Crippen MR) is 232 cm³/mol. The van der Waals surface area contributed by atoms with Crippen molar-refractivity contribution in [2.75, 3.05) is 152 Å². The van der Waals surface area contributed by atoms with E-state index in [1.165, 1.54) is 12.1 Å². The van der Waals surface area contributed by atoms with Gasteiger partial charge in [0.1, 0.15) is 19.8 Å².